The lowest BCUT2D eigenvalue weighted by molar-refractivity contribution is -0.296. The molecule has 0 spiro atoms. The van der Waals surface area contributed by atoms with Crippen LogP contribution in [0.25, 0.3) is 0 Å². The van der Waals surface area contributed by atoms with Gasteiger partial charge in [-0.3, -0.25) is 0 Å². The maximum absolute atomic E-state index is 12.0. The van der Waals surface area contributed by atoms with E-state index >= 15 is 0 Å². The van der Waals surface area contributed by atoms with E-state index in [2.05, 4.69) is 4.74 Å². The molecule has 1 aliphatic rings. The van der Waals surface area contributed by atoms with Crippen LogP contribution in [0.3, 0.4) is 0 Å². The highest BCUT2D eigenvalue weighted by atomic mass is 19.4. The van der Waals surface area contributed by atoms with Crippen molar-refractivity contribution in [1.29, 1.82) is 0 Å². The van der Waals surface area contributed by atoms with Gasteiger partial charge in [0.15, 0.2) is 5.60 Å². The molecule has 0 bridgehead atoms. The molecular weight excluding hydrogens is 145 g/mol. The van der Waals surface area contributed by atoms with E-state index in [-0.39, 0.29) is 12.8 Å². The molecule has 1 saturated carbocycles. The molecule has 1 rings (SSSR count). The number of hydrogen-bond acceptors (Lipinski definition) is 1. The highest BCUT2D eigenvalue weighted by molar-refractivity contribution is 4.95. The SMILES string of the molecule is COC1(C(F)(F)F)CCC1. The van der Waals surface area contributed by atoms with Crippen molar-refractivity contribution in [2.45, 2.75) is 31.0 Å². The number of rotatable bonds is 1. The zero-order valence-electron chi connectivity index (χ0n) is 5.66. The van der Waals surface area contributed by atoms with E-state index in [0.29, 0.717) is 6.42 Å². The monoisotopic (exact) mass is 154 g/mol. The molecule has 0 saturated heterocycles. The van der Waals surface area contributed by atoms with Crippen LogP contribution in [0.15, 0.2) is 0 Å². The smallest absolute Gasteiger partial charge is 0.369 e. The molecule has 0 N–H and O–H groups in total. The van der Waals surface area contributed by atoms with Gasteiger partial charge in [-0.2, -0.15) is 13.2 Å². The van der Waals surface area contributed by atoms with E-state index in [0.717, 1.165) is 7.11 Å². The zero-order valence-corrected chi connectivity index (χ0v) is 5.66. The highest BCUT2D eigenvalue weighted by Gasteiger charge is 2.58. The quantitative estimate of drug-likeness (QED) is 0.562. The van der Waals surface area contributed by atoms with Crippen molar-refractivity contribution >= 4 is 0 Å². The molecular formula is C6H9F3O. The Bertz CT molecular complexity index is 120. The van der Waals surface area contributed by atoms with Crippen molar-refractivity contribution < 1.29 is 17.9 Å². The average molecular weight is 154 g/mol. The van der Waals surface area contributed by atoms with Gasteiger partial charge in [0.25, 0.3) is 0 Å². The third kappa shape index (κ3) is 0.905. The molecule has 1 aliphatic carbocycles. The van der Waals surface area contributed by atoms with E-state index in [1.54, 1.807) is 0 Å². The summed E-state index contributed by atoms with van der Waals surface area (Å²) in [4.78, 5) is 0. The standard InChI is InChI=1S/C6H9F3O/c1-10-5(3-2-4-5)6(7,8)9/h2-4H2,1H3. The Balaban J connectivity index is 2.65. The largest absolute Gasteiger partial charge is 0.417 e. The molecule has 0 unspecified atom stereocenters. The van der Waals surface area contributed by atoms with Gasteiger partial charge in [-0.05, 0) is 19.3 Å². The van der Waals surface area contributed by atoms with Gasteiger partial charge >= 0.3 is 6.18 Å². The predicted octanol–water partition coefficient (Wildman–Crippen LogP) is 2.12. The van der Waals surface area contributed by atoms with Crippen LogP contribution < -0.4 is 0 Å². The van der Waals surface area contributed by atoms with Gasteiger partial charge in [-0.15, -0.1) is 0 Å². The minimum atomic E-state index is -4.18. The van der Waals surface area contributed by atoms with Crippen LogP contribution in [-0.2, 0) is 4.74 Å². The summed E-state index contributed by atoms with van der Waals surface area (Å²) < 4.78 is 40.5. The second-order valence-corrected chi connectivity index (χ2v) is 2.55. The predicted molar refractivity (Wildman–Crippen MR) is 29.6 cm³/mol. The summed E-state index contributed by atoms with van der Waals surface area (Å²) >= 11 is 0. The number of halogens is 3. The molecule has 10 heavy (non-hydrogen) atoms. The second-order valence-electron chi connectivity index (χ2n) is 2.55. The summed E-state index contributed by atoms with van der Waals surface area (Å²) in [6.07, 6.45) is -3.33. The summed E-state index contributed by atoms with van der Waals surface area (Å²) in [5.41, 5.74) is -1.80. The van der Waals surface area contributed by atoms with E-state index in [1.165, 1.54) is 0 Å². The van der Waals surface area contributed by atoms with Gasteiger partial charge in [0, 0.05) is 7.11 Å². The minimum absolute atomic E-state index is 0.118. The molecule has 60 valence electrons. The van der Waals surface area contributed by atoms with E-state index in [4.69, 9.17) is 0 Å². The number of methoxy groups -OCH3 is 1. The average Bonchev–Trinajstić information content (AvgIpc) is 1.58. The summed E-state index contributed by atoms with van der Waals surface area (Å²) in [6, 6.07) is 0. The number of ether oxygens (including phenoxy) is 1. The van der Waals surface area contributed by atoms with Gasteiger partial charge in [0.05, 0.1) is 0 Å². The van der Waals surface area contributed by atoms with Gasteiger partial charge in [0.2, 0.25) is 0 Å². The van der Waals surface area contributed by atoms with Crippen LogP contribution in [0.1, 0.15) is 19.3 Å². The summed E-state index contributed by atoms with van der Waals surface area (Å²) in [7, 11) is 1.12. The van der Waals surface area contributed by atoms with Crippen molar-refractivity contribution in [1.82, 2.24) is 0 Å². The normalized spacial score (nSPS) is 24.0. The lowest BCUT2D eigenvalue weighted by Gasteiger charge is -2.41. The Morgan fingerprint density at radius 3 is 1.80 bits per heavy atom. The van der Waals surface area contributed by atoms with E-state index < -0.39 is 11.8 Å². The zero-order chi connectivity index (χ0) is 7.83. The van der Waals surface area contributed by atoms with E-state index in [9.17, 15) is 13.2 Å². The molecule has 4 heteroatoms. The minimum Gasteiger partial charge on any atom is -0.369 e. The van der Waals surface area contributed by atoms with Crippen molar-refractivity contribution in [2.75, 3.05) is 7.11 Å². The fraction of sp³-hybridized carbons (Fsp3) is 1.00. The highest BCUT2D eigenvalue weighted by Crippen LogP contribution is 2.47. The summed E-state index contributed by atoms with van der Waals surface area (Å²) in [6.45, 7) is 0. The summed E-state index contributed by atoms with van der Waals surface area (Å²) in [5, 5.41) is 0. The van der Waals surface area contributed by atoms with Gasteiger partial charge < -0.3 is 4.74 Å². The first-order valence-electron chi connectivity index (χ1n) is 3.14. The fourth-order valence-corrected chi connectivity index (χ4v) is 1.10. The third-order valence-corrected chi connectivity index (χ3v) is 2.07. The van der Waals surface area contributed by atoms with Gasteiger partial charge in [-0.1, -0.05) is 0 Å². The van der Waals surface area contributed by atoms with Crippen LogP contribution >= 0.6 is 0 Å². The van der Waals surface area contributed by atoms with E-state index in [1.807, 2.05) is 0 Å². The first-order valence-corrected chi connectivity index (χ1v) is 3.14. The summed E-state index contributed by atoms with van der Waals surface area (Å²) in [5.74, 6) is 0. The van der Waals surface area contributed by atoms with Crippen LogP contribution in [0, 0.1) is 0 Å². The fourth-order valence-electron chi connectivity index (χ4n) is 1.10. The molecule has 0 radical (unpaired) electrons. The molecule has 0 heterocycles. The Morgan fingerprint density at radius 2 is 1.80 bits per heavy atom. The van der Waals surface area contributed by atoms with Crippen molar-refractivity contribution in [2.24, 2.45) is 0 Å². The maximum atomic E-state index is 12.0. The first-order chi connectivity index (χ1) is 4.52. The second kappa shape index (κ2) is 2.12. The van der Waals surface area contributed by atoms with Crippen molar-refractivity contribution in [3.05, 3.63) is 0 Å². The maximum Gasteiger partial charge on any atom is 0.417 e. The molecule has 0 atom stereocenters. The molecule has 1 fully saturated rings. The molecule has 0 aromatic carbocycles. The molecule has 0 aromatic rings. The Kier molecular flexibility index (Phi) is 1.66. The lowest BCUT2D eigenvalue weighted by Crippen LogP contribution is -2.52. The van der Waals surface area contributed by atoms with Crippen LogP contribution in [0.2, 0.25) is 0 Å². The lowest BCUT2D eigenvalue weighted by atomic mass is 9.79. The number of hydrogen-bond donors (Lipinski definition) is 0. The topological polar surface area (TPSA) is 9.23 Å². The van der Waals surface area contributed by atoms with Crippen molar-refractivity contribution in [3.63, 3.8) is 0 Å². The first kappa shape index (κ1) is 7.85. The Labute approximate surface area is 57.2 Å². The number of alkyl halides is 3. The van der Waals surface area contributed by atoms with Crippen LogP contribution in [0.5, 0.6) is 0 Å². The molecule has 0 aliphatic heterocycles. The van der Waals surface area contributed by atoms with Gasteiger partial charge in [0.1, 0.15) is 0 Å². The van der Waals surface area contributed by atoms with Crippen LogP contribution in [0.4, 0.5) is 13.2 Å². The molecule has 0 amide bonds. The Morgan fingerprint density at radius 1 is 1.30 bits per heavy atom. The molecule has 1 nitrogen and oxygen atoms in total. The van der Waals surface area contributed by atoms with Crippen LogP contribution in [-0.4, -0.2) is 18.9 Å². The van der Waals surface area contributed by atoms with Crippen molar-refractivity contribution in [3.8, 4) is 0 Å². The molecule has 0 aromatic heterocycles. The third-order valence-electron chi connectivity index (χ3n) is 2.07. The van der Waals surface area contributed by atoms with Gasteiger partial charge in [-0.25, -0.2) is 0 Å². The Hall–Kier alpha value is -0.250.